The van der Waals surface area contributed by atoms with Gasteiger partial charge in [-0.05, 0) is 44.0 Å². The van der Waals surface area contributed by atoms with E-state index in [0.717, 1.165) is 25.2 Å². The number of nitrogens with one attached hydrogen (secondary N) is 2. The van der Waals surface area contributed by atoms with Gasteiger partial charge in [0.05, 0.1) is 11.6 Å². The SMILES string of the molecule is N#Cc1cccc(NCCC2CCCCN2)c1. The first kappa shape index (κ1) is 11.9. The summed E-state index contributed by atoms with van der Waals surface area (Å²) in [6.45, 7) is 2.13. The number of hydrogen-bond acceptors (Lipinski definition) is 3. The zero-order valence-electron chi connectivity index (χ0n) is 10.1. The molecule has 0 aliphatic carbocycles. The topological polar surface area (TPSA) is 47.9 Å². The standard InChI is InChI=1S/C14H19N3/c15-11-12-4-3-6-14(10-12)17-9-7-13-5-1-2-8-16-13/h3-4,6,10,13,16-17H,1-2,5,7-9H2. The van der Waals surface area contributed by atoms with E-state index < -0.39 is 0 Å². The van der Waals surface area contributed by atoms with Gasteiger partial charge >= 0.3 is 0 Å². The van der Waals surface area contributed by atoms with Gasteiger partial charge < -0.3 is 10.6 Å². The Bertz CT molecular complexity index is 389. The molecule has 1 aromatic carbocycles. The van der Waals surface area contributed by atoms with E-state index in [0.29, 0.717) is 11.6 Å². The van der Waals surface area contributed by atoms with Crippen molar-refractivity contribution in [3.63, 3.8) is 0 Å². The number of anilines is 1. The number of nitriles is 1. The van der Waals surface area contributed by atoms with Crippen molar-refractivity contribution in [2.24, 2.45) is 0 Å². The van der Waals surface area contributed by atoms with Crippen molar-refractivity contribution >= 4 is 5.69 Å². The summed E-state index contributed by atoms with van der Waals surface area (Å²) in [6, 6.07) is 10.5. The molecule has 17 heavy (non-hydrogen) atoms. The predicted octanol–water partition coefficient (Wildman–Crippen LogP) is 2.50. The van der Waals surface area contributed by atoms with Crippen molar-refractivity contribution in [2.75, 3.05) is 18.4 Å². The van der Waals surface area contributed by atoms with E-state index in [2.05, 4.69) is 16.7 Å². The number of hydrogen-bond donors (Lipinski definition) is 2. The lowest BCUT2D eigenvalue weighted by atomic mass is 10.0. The van der Waals surface area contributed by atoms with Gasteiger partial charge in [-0.3, -0.25) is 0 Å². The molecule has 0 aromatic heterocycles. The van der Waals surface area contributed by atoms with E-state index in [-0.39, 0.29) is 0 Å². The van der Waals surface area contributed by atoms with Crippen LogP contribution in [0.4, 0.5) is 5.69 Å². The maximum Gasteiger partial charge on any atom is 0.0992 e. The first-order valence-electron chi connectivity index (χ1n) is 6.36. The molecule has 0 spiro atoms. The predicted molar refractivity (Wildman–Crippen MR) is 69.9 cm³/mol. The quantitative estimate of drug-likeness (QED) is 0.834. The van der Waals surface area contributed by atoms with Gasteiger partial charge in [0.25, 0.3) is 0 Å². The lowest BCUT2D eigenvalue weighted by molar-refractivity contribution is 0.389. The normalized spacial score (nSPS) is 19.6. The number of nitrogens with zero attached hydrogens (tertiary/aromatic N) is 1. The average Bonchev–Trinajstić information content (AvgIpc) is 2.40. The number of benzene rings is 1. The van der Waals surface area contributed by atoms with Crippen LogP contribution in [0.2, 0.25) is 0 Å². The highest BCUT2D eigenvalue weighted by Crippen LogP contribution is 2.12. The van der Waals surface area contributed by atoms with Crippen LogP contribution in [0.5, 0.6) is 0 Å². The molecule has 2 N–H and O–H groups in total. The number of piperidine rings is 1. The molecule has 1 aliphatic heterocycles. The monoisotopic (exact) mass is 229 g/mol. The van der Waals surface area contributed by atoms with Gasteiger partial charge in [0.2, 0.25) is 0 Å². The van der Waals surface area contributed by atoms with Crippen LogP contribution in [-0.2, 0) is 0 Å². The molecule has 3 nitrogen and oxygen atoms in total. The van der Waals surface area contributed by atoms with Crippen molar-refractivity contribution in [3.05, 3.63) is 29.8 Å². The Kier molecular flexibility index (Phi) is 4.40. The minimum absolute atomic E-state index is 0.662. The summed E-state index contributed by atoms with van der Waals surface area (Å²) in [5, 5.41) is 15.7. The van der Waals surface area contributed by atoms with E-state index >= 15 is 0 Å². The third-order valence-corrected chi connectivity index (χ3v) is 3.23. The van der Waals surface area contributed by atoms with Crippen molar-refractivity contribution in [2.45, 2.75) is 31.7 Å². The summed E-state index contributed by atoms with van der Waals surface area (Å²) in [5.74, 6) is 0. The Balaban J connectivity index is 1.75. The Morgan fingerprint density at radius 3 is 3.12 bits per heavy atom. The highest BCUT2D eigenvalue weighted by Gasteiger charge is 2.11. The van der Waals surface area contributed by atoms with Crippen molar-refractivity contribution in [1.29, 1.82) is 5.26 Å². The van der Waals surface area contributed by atoms with E-state index in [1.165, 1.54) is 19.3 Å². The summed E-state index contributed by atoms with van der Waals surface area (Å²) in [6.07, 6.45) is 5.10. The van der Waals surface area contributed by atoms with Crippen LogP contribution < -0.4 is 10.6 Å². The molecule has 1 unspecified atom stereocenters. The minimum Gasteiger partial charge on any atom is -0.385 e. The molecule has 0 saturated carbocycles. The lowest BCUT2D eigenvalue weighted by Gasteiger charge is -2.23. The third-order valence-electron chi connectivity index (χ3n) is 3.23. The van der Waals surface area contributed by atoms with Gasteiger partial charge in [0, 0.05) is 18.3 Å². The van der Waals surface area contributed by atoms with Gasteiger partial charge in [-0.1, -0.05) is 12.5 Å². The maximum atomic E-state index is 8.80. The Morgan fingerprint density at radius 1 is 1.41 bits per heavy atom. The first-order chi connectivity index (χ1) is 8.38. The summed E-state index contributed by atoms with van der Waals surface area (Å²) in [4.78, 5) is 0. The fourth-order valence-electron chi connectivity index (χ4n) is 2.26. The summed E-state index contributed by atoms with van der Waals surface area (Å²) < 4.78 is 0. The van der Waals surface area contributed by atoms with Gasteiger partial charge in [-0.25, -0.2) is 0 Å². The molecule has 0 radical (unpaired) electrons. The largest absolute Gasteiger partial charge is 0.385 e. The van der Waals surface area contributed by atoms with Crippen LogP contribution in [0.25, 0.3) is 0 Å². The van der Waals surface area contributed by atoms with E-state index in [4.69, 9.17) is 5.26 Å². The number of rotatable bonds is 4. The summed E-state index contributed by atoms with van der Waals surface area (Å²) in [5.41, 5.74) is 1.76. The van der Waals surface area contributed by atoms with E-state index in [1.807, 2.05) is 24.3 Å². The minimum atomic E-state index is 0.662. The molecule has 0 amide bonds. The lowest BCUT2D eigenvalue weighted by Crippen LogP contribution is -2.35. The zero-order valence-corrected chi connectivity index (χ0v) is 10.1. The average molecular weight is 229 g/mol. The van der Waals surface area contributed by atoms with Crippen LogP contribution in [0.3, 0.4) is 0 Å². The van der Waals surface area contributed by atoms with Crippen LogP contribution >= 0.6 is 0 Å². The molecule has 90 valence electrons. The Morgan fingerprint density at radius 2 is 2.35 bits per heavy atom. The van der Waals surface area contributed by atoms with Gasteiger partial charge in [-0.15, -0.1) is 0 Å². The van der Waals surface area contributed by atoms with Crippen LogP contribution in [0.15, 0.2) is 24.3 Å². The molecular formula is C14H19N3. The van der Waals surface area contributed by atoms with Crippen LogP contribution in [0, 0.1) is 11.3 Å². The van der Waals surface area contributed by atoms with E-state index in [9.17, 15) is 0 Å². The van der Waals surface area contributed by atoms with Crippen molar-refractivity contribution < 1.29 is 0 Å². The molecule has 1 aromatic rings. The molecule has 1 aliphatic rings. The van der Waals surface area contributed by atoms with Gasteiger partial charge in [0.15, 0.2) is 0 Å². The molecule has 1 heterocycles. The highest BCUT2D eigenvalue weighted by molar-refractivity contribution is 5.48. The fourth-order valence-corrected chi connectivity index (χ4v) is 2.26. The smallest absolute Gasteiger partial charge is 0.0992 e. The zero-order chi connectivity index (χ0) is 11.9. The van der Waals surface area contributed by atoms with Gasteiger partial charge in [0.1, 0.15) is 0 Å². The van der Waals surface area contributed by atoms with E-state index in [1.54, 1.807) is 0 Å². The summed E-state index contributed by atoms with van der Waals surface area (Å²) >= 11 is 0. The molecule has 1 saturated heterocycles. The molecule has 3 heteroatoms. The van der Waals surface area contributed by atoms with Crippen LogP contribution in [-0.4, -0.2) is 19.1 Å². The highest BCUT2D eigenvalue weighted by atomic mass is 14.9. The Labute approximate surface area is 103 Å². The van der Waals surface area contributed by atoms with Gasteiger partial charge in [-0.2, -0.15) is 5.26 Å². The molecule has 0 bridgehead atoms. The maximum absolute atomic E-state index is 8.80. The second-order valence-electron chi connectivity index (χ2n) is 4.55. The summed E-state index contributed by atoms with van der Waals surface area (Å²) in [7, 11) is 0. The first-order valence-corrected chi connectivity index (χ1v) is 6.36. The molecular weight excluding hydrogens is 210 g/mol. The molecule has 2 rings (SSSR count). The van der Waals surface area contributed by atoms with Crippen molar-refractivity contribution in [3.8, 4) is 6.07 Å². The van der Waals surface area contributed by atoms with Crippen molar-refractivity contribution in [1.82, 2.24) is 5.32 Å². The fraction of sp³-hybridized carbons (Fsp3) is 0.500. The molecule has 1 fully saturated rings. The Hall–Kier alpha value is -1.53. The molecule has 1 atom stereocenters. The van der Waals surface area contributed by atoms with Crippen LogP contribution in [0.1, 0.15) is 31.2 Å². The second kappa shape index (κ2) is 6.27. The third kappa shape index (κ3) is 3.76. The second-order valence-corrected chi connectivity index (χ2v) is 4.55.